The van der Waals surface area contributed by atoms with Gasteiger partial charge in [0.1, 0.15) is 0 Å². The molecule has 1 amide bonds. The molecule has 108 valence electrons. The molecular weight excluding hydrogens is 258 g/mol. The van der Waals surface area contributed by atoms with Crippen LogP contribution in [0.25, 0.3) is 0 Å². The van der Waals surface area contributed by atoms with Gasteiger partial charge < -0.3 is 11.1 Å². The van der Waals surface area contributed by atoms with Crippen LogP contribution in [0.4, 0.5) is 0 Å². The van der Waals surface area contributed by atoms with Crippen molar-refractivity contribution in [3.8, 4) is 0 Å². The van der Waals surface area contributed by atoms with E-state index in [0.717, 1.165) is 6.54 Å². The number of rotatable bonds is 7. The average molecular weight is 283 g/mol. The van der Waals surface area contributed by atoms with Gasteiger partial charge in [-0.25, -0.2) is 0 Å². The average Bonchev–Trinajstić information content (AvgIpc) is 2.79. The van der Waals surface area contributed by atoms with E-state index in [1.54, 1.807) is 11.3 Å². The van der Waals surface area contributed by atoms with E-state index in [1.807, 2.05) is 32.2 Å². The zero-order valence-electron chi connectivity index (χ0n) is 12.2. The fraction of sp³-hybridized carbons (Fsp3) is 0.643. The molecule has 4 nitrogen and oxygen atoms in total. The van der Waals surface area contributed by atoms with Crippen LogP contribution in [0.2, 0.25) is 0 Å². The molecule has 1 heterocycles. The minimum Gasteiger partial charge on any atom is -0.353 e. The molecule has 0 aromatic carbocycles. The van der Waals surface area contributed by atoms with Gasteiger partial charge in [0.05, 0.1) is 12.6 Å². The predicted octanol–water partition coefficient (Wildman–Crippen LogP) is 1.98. The molecule has 19 heavy (non-hydrogen) atoms. The first kappa shape index (κ1) is 16.1. The van der Waals surface area contributed by atoms with Crippen molar-refractivity contribution in [1.82, 2.24) is 10.2 Å². The second-order valence-electron chi connectivity index (χ2n) is 5.10. The zero-order valence-corrected chi connectivity index (χ0v) is 13.0. The highest BCUT2D eigenvalue weighted by Crippen LogP contribution is 2.27. The van der Waals surface area contributed by atoms with E-state index >= 15 is 0 Å². The van der Waals surface area contributed by atoms with Gasteiger partial charge in [-0.3, -0.25) is 9.69 Å². The minimum atomic E-state index is -0.00884. The van der Waals surface area contributed by atoms with Crippen molar-refractivity contribution >= 4 is 17.2 Å². The van der Waals surface area contributed by atoms with E-state index in [9.17, 15) is 4.79 Å². The van der Waals surface area contributed by atoms with Crippen LogP contribution < -0.4 is 11.1 Å². The van der Waals surface area contributed by atoms with Gasteiger partial charge in [-0.05, 0) is 38.8 Å². The lowest BCUT2D eigenvalue weighted by molar-refractivity contribution is -0.123. The highest BCUT2D eigenvalue weighted by Gasteiger charge is 2.25. The topological polar surface area (TPSA) is 58.4 Å². The summed E-state index contributed by atoms with van der Waals surface area (Å²) in [5, 5.41) is 4.98. The van der Waals surface area contributed by atoms with Crippen molar-refractivity contribution in [3.05, 3.63) is 22.4 Å². The van der Waals surface area contributed by atoms with Crippen molar-refractivity contribution < 1.29 is 4.79 Å². The first-order chi connectivity index (χ1) is 8.95. The second kappa shape index (κ2) is 7.62. The molecule has 0 spiro atoms. The third kappa shape index (κ3) is 4.93. The number of thiophene rings is 1. The van der Waals surface area contributed by atoms with Crippen LogP contribution in [0.15, 0.2) is 17.5 Å². The van der Waals surface area contributed by atoms with E-state index in [1.165, 1.54) is 4.88 Å². The van der Waals surface area contributed by atoms with E-state index in [4.69, 9.17) is 5.73 Å². The summed E-state index contributed by atoms with van der Waals surface area (Å²) in [5.41, 5.74) is 6.11. The molecule has 1 aromatic heterocycles. The van der Waals surface area contributed by atoms with Crippen LogP contribution in [0, 0.1) is 0 Å². The van der Waals surface area contributed by atoms with Gasteiger partial charge in [0.2, 0.25) is 5.91 Å². The van der Waals surface area contributed by atoms with Gasteiger partial charge in [-0.2, -0.15) is 0 Å². The quantitative estimate of drug-likeness (QED) is 0.804. The fourth-order valence-electron chi connectivity index (χ4n) is 2.19. The molecule has 3 N–H and O–H groups in total. The number of carbonyl (C=O) groups excluding carboxylic acids is 1. The van der Waals surface area contributed by atoms with E-state index in [2.05, 4.69) is 23.2 Å². The summed E-state index contributed by atoms with van der Waals surface area (Å²) < 4.78 is 0. The largest absolute Gasteiger partial charge is 0.353 e. The Balaban J connectivity index is 2.77. The van der Waals surface area contributed by atoms with E-state index < -0.39 is 0 Å². The molecule has 1 rings (SSSR count). The van der Waals surface area contributed by atoms with Crippen molar-refractivity contribution in [2.45, 2.75) is 45.8 Å². The van der Waals surface area contributed by atoms with Crippen LogP contribution in [0.1, 0.15) is 38.6 Å². The van der Waals surface area contributed by atoms with E-state index in [0.29, 0.717) is 6.54 Å². The van der Waals surface area contributed by atoms with Crippen molar-refractivity contribution in [3.63, 3.8) is 0 Å². The molecule has 2 unspecified atom stereocenters. The first-order valence-corrected chi connectivity index (χ1v) is 7.66. The highest BCUT2D eigenvalue weighted by molar-refractivity contribution is 7.10. The van der Waals surface area contributed by atoms with Gasteiger partial charge in [-0.1, -0.05) is 13.0 Å². The molecule has 0 aliphatic carbocycles. The summed E-state index contributed by atoms with van der Waals surface area (Å²) in [4.78, 5) is 15.3. The molecule has 0 fully saturated rings. The number of hydrogen-bond acceptors (Lipinski definition) is 4. The van der Waals surface area contributed by atoms with Crippen molar-refractivity contribution in [2.24, 2.45) is 5.73 Å². The maximum absolute atomic E-state index is 11.9. The number of hydrogen-bond donors (Lipinski definition) is 2. The van der Waals surface area contributed by atoms with E-state index in [-0.39, 0.29) is 24.0 Å². The van der Waals surface area contributed by atoms with Crippen LogP contribution >= 0.6 is 11.3 Å². The number of nitrogens with zero attached hydrogens (tertiary/aromatic N) is 1. The molecular formula is C14H25N3OS. The summed E-state index contributed by atoms with van der Waals surface area (Å²) >= 11 is 1.69. The highest BCUT2D eigenvalue weighted by atomic mass is 32.1. The third-order valence-corrected chi connectivity index (χ3v) is 3.87. The molecule has 2 atom stereocenters. The molecule has 0 bridgehead atoms. The zero-order chi connectivity index (χ0) is 14.4. The van der Waals surface area contributed by atoms with Crippen molar-refractivity contribution in [2.75, 3.05) is 13.1 Å². The maximum atomic E-state index is 11.9. The van der Waals surface area contributed by atoms with Crippen molar-refractivity contribution in [1.29, 1.82) is 0 Å². The van der Waals surface area contributed by atoms with Crippen LogP contribution in [-0.2, 0) is 4.79 Å². The summed E-state index contributed by atoms with van der Waals surface area (Å²) in [6, 6.07) is 4.37. The molecule has 1 aromatic rings. The summed E-state index contributed by atoms with van der Waals surface area (Å²) in [7, 11) is 0. The lowest BCUT2D eigenvalue weighted by Gasteiger charge is -2.32. The SMILES string of the molecule is CCN(CC(=O)NC(C)C)C(c1cccs1)C(C)N. The normalized spacial score (nSPS) is 14.7. The lowest BCUT2D eigenvalue weighted by atomic mass is 10.1. The summed E-state index contributed by atoms with van der Waals surface area (Å²) in [5.74, 6) is 0.0547. The number of nitrogens with one attached hydrogen (secondary N) is 1. The van der Waals surface area contributed by atoms with Crippen LogP contribution in [0.3, 0.4) is 0 Å². The summed E-state index contributed by atoms with van der Waals surface area (Å²) in [6.45, 7) is 9.18. The molecule has 0 saturated carbocycles. The standard InChI is InChI=1S/C14H25N3OS/c1-5-17(9-13(18)16-10(2)3)14(11(4)15)12-7-6-8-19-12/h6-8,10-11,14H,5,9,15H2,1-4H3,(H,16,18). The van der Waals surface area contributed by atoms with Gasteiger partial charge in [0.25, 0.3) is 0 Å². The minimum absolute atomic E-state index is 0.00884. The molecule has 0 aliphatic rings. The number of amides is 1. The maximum Gasteiger partial charge on any atom is 0.234 e. The number of nitrogens with two attached hydrogens (primary N) is 1. The predicted molar refractivity (Wildman–Crippen MR) is 81.2 cm³/mol. The van der Waals surface area contributed by atoms with Crippen LogP contribution in [-0.4, -0.2) is 36.0 Å². The summed E-state index contributed by atoms with van der Waals surface area (Å²) in [6.07, 6.45) is 0. The van der Waals surface area contributed by atoms with Gasteiger partial charge in [-0.15, -0.1) is 11.3 Å². The lowest BCUT2D eigenvalue weighted by Crippen LogP contribution is -2.45. The Morgan fingerprint density at radius 2 is 2.16 bits per heavy atom. The molecule has 0 radical (unpaired) electrons. The Morgan fingerprint density at radius 1 is 1.47 bits per heavy atom. The first-order valence-electron chi connectivity index (χ1n) is 6.78. The van der Waals surface area contributed by atoms with Gasteiger partial charge in [0.15, 0.2) is 0 Å². The Bertz CT molecular complexity index is 376. The van der Waals surface area contributed by atoms with Gasteiger partial charge >= 0.3 is 0 Å². The Hall–Kier alpha value is -0.910. The molecule has 5 heteroatoms. The Morgan fingerprint density at radius 3 is 2.58 bits per heavy atom. The third-order valence-electron chi connectivity index (χ3n) is 2.93. The Labute approximate surface area is 120 Å². The van der Waals surface area contributed by atoms with Crippen LogP contribution in [0.5, 0.6) is 0 Å². The number of likely N-dealkylation sites (N-methyl/N-ethyl adjacent to an activating group) is 1. The second-order valence-corrected chi connectivity index (χ2v) is 6.08. The molecule has 0 aliphatic heterocycles. The molecule has 0 saturated heterocycles. The smallest absolute Gasteiger partial charge is 0.234 e. The fourth-order valence-corrected chi connectivity index (χ4v) is 3.16. The monoisotopic (exact) mass is 283 g/mol. The van der Waals surface area contributed by atoms with Gasteiger partial charge in [0, 0.05) is 17.0 Å². The Kier molecular flexibility index (Phi) is 6.48. The number of carbonyl (C=O) groups is 1.